The topological polar surface area (TPSA) is 50.4 Å². The molecule has 1 N–H and O–H groups in total. The second-order valence-corrected chi connectivity index (χ2v) is 6.89. The van der Waals surface area contributed by atoms with Crippen LogP contribution in [0.5, 0.6) is 0 Å². The summed E-state index contributed by atoms with van der Waals surface area (Å²) in [5.41, 5.74) is 2.08. The van der Waals surface area contributed by atoms with Gasteiger partial charge in [0.05, 0.1) is 22.0 Å². The fourth-order valence-electron chi connectivity index (χ4n) is 2.32. The summed E-state index contributed by atoms with van der Waals surface area (Å²) < 4.78 is 18.1. The van der Waals surface area contributed by atoms with Crippen LogP contribution in [0.4, 0.5) is 0 Å². The molecule has 2 aromatic carbocycles. The maximum atomic E-state index is 12.7. The second-order valence-electron chi connectivity index (χ2n) is 5.45. The van der Waals surface area contributed by atoms with Crippen LogP contribution in [0.1, 0.15) is 23.0 Å². The lowest BCUT2D eigenvalue weighted by Crippen LogP contribution is -1.99. The monoisotopic (exact) mass is 338 g/mol. The van der Waals surface area contributed by atoms with Gasteiger partial charge in [-0.05, 0) is 36.8 Å². The van der Waals surface area contributed by atoms with Crippen LogP contribution in [0.2, 0.25) is 0 Å². The van der Waals surface area contributed by atoms with E-state index in [1.807, 2.05) is 67.6 Å². The van der Waals surface area contributed by atoms with E-state index in [1.54, 1.807) is 12.1 Å². The van der Waals surface area contributed by atoms with Gasteiger partial charge in [-0.15, -0.1) is 0 Å². The minimum absolute atomic E-state index is 0.307. The molecular weight excluding hydrogens is 320 g/mol. The van der Waals surface area contributed by atoms with E-state index < -0.39 is 16.9 Å². The van der Waals surface area contributed by atoms with Gasteiger partial charge in [0.1, 0.15) is 6.10 Å². The van der Waals surface area contributed by atoms with Crippen LogP contribution >= 0.6 is 0 Å². The summed E-state index contributed by atoms with van der Waals surface area (Å²) in [6, 6.07) is 18.8. The smallest absolute Gasteiger partial charge is 0.152 e. The molecule has 24 heavy (non-hydrogen) atoms. The molecule has 0 fully saturated rings. The minimum Gasteiger partial charge on any atom is -0.465 e. The van der Waals surface area contributed by atoms with Gasteiger partial charge in [0, 0.05) is 4.90 Å². The summed E-state index contributed by atoms with van der Waals surface area (Å²) in [5.74, 6) is 0.307. The third kappa shape index (κ3) is 3.72. The first-order chi connectivity index (χ1) is 11.6. The van der Waals surface area contributed by atoms with Gasteiger partial charge < -0.3 is 9.52 Å². The van der Waals surface area contributed by atoms with Crippen molar-refractivity contribution in [1.29, 1.82) is 0 Å². The van der Waals surface area contributed by atoms with Gasteiger partial charge in [-0.2, -0.15) is 0 Å². The first-order valence-corrected chi connectivity index (χ1v) is 8.77. The fraction of sp³-hybridized carbons (Fsp3) is 0.100. The van der Waals surface area contributed by atoms with Gasteiger partial charge in [0.2, 0.25) is 0 Å². The molecule has 1 unspecified atom stereocenters. The Hall–Kier alpha value is -2.43. The Labute approximate surface area is 143 Å². The zero-order valence-corrected chi connectivity index (χ0v) is 14.1. The predicted molar refractivity (Wildman–Crippen MR) is 95.0 cm³/mol. The van der Waals surface area contributed by atoms with Crippen molar-refractivity contribution < 1.29 is 13.7 Å². The number of aryl methyl sites for hydroxylation is 1. The average Bonchev–Trinajstić information content (AvgIpc) is 3.10. The fourth-order valence-corrected chi connectivity index (χ4v) is 3.49. The van der Waals surface area contributed by atoms with Crippen LogP contribution < -0.4 is 0 Å². The Morgan fingerprint density at radius 3 is 2.46 bits per heavy atom. The number of aliphatic hydroxyl groups is 1. The molecule has 0 amide bonds. The molecule has 0 aliphatic carbocycles. The third-order valence-corrected chi connectivity index (χ3v) is 5.07. The highest BCUT2D eigenvalue weighted by Crippen LogP contribution is 2.27. The first kappa shape index (κ1) is 16.4. The summed E-state index contributed by atoms with van der Waals surface area (Å²) in [7, 11) is -1.39. The average molecular weight is 338 g/mol. The number of hydrogen-bond donors (Lipinski definition) is 1. The largest absolute Gasteiger partial charge is 0.465 e. The summed E-state index contributed by atoms with van der Waals surface area (Å²) in [5, 5.41) is 10.4. The zero-order chi connectivity index (χ0) is 16.9. The number of furan rings is 1. The number of aliphatic hydroxyl groups excluding tert-OH is 1. The van der Waals surface area contributed by atoms with E-state index in [1.165, 1.54) is 6.26 Å². The van der Waals surface area contributed by atoms with Crippen molar-refractivity contribution in [1.82, 2.24) is 0 Å². The van der Waals surface area contributed by atoms with Gasteiger partial charge in [-0.3, -0.25) is 0 Å². The maximum Gasteiger partial charge on any atom is 0.152 e. The van der Waals surface area contributed by atoms with Gasteiger partial charge in [-0.25, -0.2) is 4.21 Å². The Morgan fingerprint density at radius 1 is 1.04 bits per heavy atom. The van der Waals surface area contributed by atoms with E-state index in [2.05, 4.69) is 0 Å². The molecule has 0 saturated heterocycles. The highest BCUT2D eigenvalue weighted by atomic mass is 32.2. The van der Waals surface area contributed by atoms with Crippen LogP contribution in [0, 0.1) is 6.92 Å². The molecule has 0 aliphatic rings. The van der Waals surface area contributed by atoms with Crippen molar-refractivity contribution in [2.75, 3.05) is 0 Å². The maximum absolute atomic E-state index is 12.7. The SMILES string of the molecule is Cc1ccc([S@](=O)c2ccoc2C(O)/C=C/c2ccccc2)cc1. The molecule has 122 valence electrons. The molecule has 0 radical (unpaired) electrons. The van der Waals surface area contributed by atoms with Crippen molar-refractivity contribution in [3.05, 3.63) is 89.9 Å². The van der Waals surface area contributed by atoms with E-state index in [0.717, 1.165) is 11.1 Å². The Balaban J connectivity index is 1.83. The lowest BCUT2D eigenvalue weighted by molar-refractivity contribution is 0.193. The summed E-state index contributed by atoms with van der Waals surface area (Å²) in [4.78, 5) is 1.17. The molecule has 0 saturated carbocycles. The molecule has 1 aromatic heterocycles. The minimum atomic E-state index is -1.39. The lowest BCUT2D eigenvalue weighted by atomic mass is 10.1. The number of hydrogen-bond acceptors (Lipinski definition) is 3. The molecule has 0 spiro atoms. The highest BCUT2D eigenvalue weighted by molar-refractivity contribution is 7.85. The molecule has 2 atom stereocenters. The molecule has 3 nitrogen and oxygen atoms in total. The van der Waals surface area contributed by atoms with Crippen LogP contribution in [-0.4, -0.2) is 9.32 Å². The highest BCUT2D eigenvalue weighted by Gasteiger charge is 2.19. The summed E-state index contributed by atoms with van der Waals surface area (Å²) >= 11 is 0. The van der Waals surface area contributed by atoms with Crippen LogP contribution in [0.25, 0.3) is 6.08 Å². The Kier molecular flexibility index (Phi) is 5.08. The summed E-state index contributed by atoms with van der Waals surface area (Å²) in [6.45, 7) is 1.98. The molecular formula is C20H18O3S. The lowest BCUT2D eigenvalue weighted by Gasteiger charge is -2.07. The van der Waals surface area contributed by atoms with Crippen molar-refractivity contribution in [2.24, 2.45) is 0 Å². The molecule has 0 aliphatic heterocycles. The molecule has 0 bridgehead atoms. The van der Waals surface area contributed by atoms with Crippen LogP contribution in [-0.2, 0) is 10.8 Å². The van der Waals surface area contributed by atoms with Crippen molar-refractivity contribution in [3.63, 3.8) is 0 Å². The van der Waals surface area contributed by atoms with Crippen molar-refractivity contribution >= 4 is 16.9 Å². The Morgan fingerprint density at radius 2 is 1.75 bits per heavy atom. The normalized spacial score (nSPS) is 13.9. The number of rotatable bonds is 5. The van der Waals surface area contributed by atoms with Crippen molar-refractivity contribution in [3.8, 4) is 0 Å². The van der Waals surface area contributed by atoms with Crippen molar-refractivity contribution in [2.45, 2.75) is 22.8 Å². The molecule has 3 aromatic rings. The Bertz CT molecular complexity index is 848. The van der Waals surface area contributed by atoms with Gasteiger partial charge in [0.15, 0.2) is 5.76 Å². The quantitative estimate of drug-likeness (QED) is 0.745. The number of benzene rings is 2. The molecule has 1 heterocycles. The van der Waals surface area contributed by atoms with Crippen LogP contribution in [0.3, 0.4) is 0 Å². The van der Waals surface area contributed by atoms with E-state index in [4.69, 9.17) is 4.42 Å². The van der Waals surface area contributed by atoms with Gasteiger partial charge >= 0.3 is 0 Å². The first-order valence-electron chi connectivity index (χ1n) is 7.62. The standard InChI is InChI=1S/C20H18O3S/c1-15-7-10-17(11-8-15)24(22)19-13-14-23-20(19)18(21)12-9-16-5-3-2-4-6-16/h2-14,18,21H,1H3/b12-9+/t18?,24-/m0/s1. The molecule has 3 rings (SSSR count). The predicted octanol–water partition coefficient (Wildman–Crippen LogP) is 4.50. The third-order valence-electron chi connectivity index (χ3n) is 3.63. The van der Waals surface area contributed by atoms with E-state index in [0.29, 0.717) is 15.6 Å². The van der Waals surface area contributed by atoms with E-state index in [-0.39, 0.29) is 0 Å². The van der Waals surface area contributed by atoms with E-state index in [9.17, 15) is 9.32 Å². The van der Waals surface area contributed by atoms with Gasteiger partial charge in [-0.1, -0.05) is 54.1 Å². The summed E-state index contributed by atoms with van der Waals surface area (Å²) in [6.07, 6.45) is 3.94. The molecule has 4 heteroatoms. The van der Waals surface area contributed by atoms with E-state index >= 15 is 0 Å². The van der Waals surface area contributed by atoms with Gasteiger partial charge in [0.25, 0.3) is 0 Å². The second kappa shape index (κ2) is 7.43. The zero-order valence-electron chi connectivity index (χ0n) is 13.3. The van der Waals surface area contributed by atoms with Crippen LogP contribution in [0.15, 0.2) is 87.2 Å².